The van der Waals surface area contributed by atoms with Crippen molar-refractivity contribution in [2.45, 2.75) is 39.0 Å². The third-order valence-electron chi connectivity index (χ3n) is 3.55. The van der Waals surface area contributed by atoms with Gasteiger partial charge in [0.25, 0.3) is 0 Å². The number of hydrogen-bond acceptors (Lipinski definition) is 4. The van der Waals surface area contributed by atoms with E-state index in [0.717, 1.165) is 31.1 Å². The molecule has 1 fully saturated rings. The van der Waals surface area contributed by atoms with Crippen molar-refractivity contribution in [3.8, 4) is 5.75 Å². The van der Waals surface area contributed by atoms with Crippen LogP contribution in [0.3, 0.4) is 0 Å². The van der Waals surface area contributed by atoms with Crippen LogP contribution in [0, 0.1) is 0 Å². The van der Waals surface area contributed by atoms with Gasteiger partial charge in [-0.25, -0.2) is 4.99 Å². The average molecular weight is 449 g/mol. The molecule has 0 aromatic heterocycles. The Bertz CT molecular complexity index is 490. The van der Waals surface area contributed by atoms with Crippen molar-refractivity contribution in [2.75, 3.05) is 26.4 Å². The zero-order chi connectivity index (χ0) is 16.5. The molecule has 0 saturated carbocycles. The topological polar surface area (TPSA) is 75.1 Å². The maximum absolute atomic E-state index is 9.30. The molecular formula is C17H28IN3O3. The predicted molar refractivity (Wildman–Crippen MR) is 106 cm³/mol. The molecule has 7 heteroatoms. The number of aliphatic imine (C=N–C) groups is 1. The minimum absolute atomic E-state index is 0. The van der Waals surface area contributed by atoms with E-state index in [0.29, 0.717) is 19.8 Å². The van der Waals surface area contributed by atoms with E-state index in [-0.39, 0.29) is 41.9 Å². The first-order valence-corrected chi connectivity index (χ1v) is 8.19. The van der Waals surface area contributed by atoms with Crippen molar-refractivity contribution in [1.82, 2.24) is 10.6 Å². The van der Waals surface area contributed by atoms with E-state index in [9.17, 15) is 5.11 Å². The molecule has 2 atom stereocenters. The third kappa shape index (κ3) is 7.67. The first-order chi connectivity index (χ1) is 11.2. The summed E-state index contributed by atoms with van der Waals surface area (Å²) < 4.78 is 11.1. The van der Waals surface area contributed by atoms with E-state index in [2.05, 4.69) is 22.5 Å². The smallest absolute Gasteiger partial charge is 0.191 e. The van der Waals surface area contributed by atoms with E-state index in [4.69, 9.17) is 9.47 Å². The second kappa shape index (κ2) is 11.5. The summed E-state index contributed by atoms with van der Waals surface area (Å²) in [7, 11) is 0. The summed E-state index contributed by atoms with van der Waals surface area (Å²) in [6, 6.07) is 7.24. The maximum atomic E-state index is 9.30. The Labute approximate surface area is 161 Å². The molecule has 1 aromatic rings. The summed E-state index contributed by atoms with van der Waals surface area (Å²) in [6.45, 7) is 7.58. The molecule has 0 aliphatic carbocycles. The summed E-state index contributed by atoms with van der Waals surface area (Å²) in [4.78, 5) is 4.57. The van der Waals surface area contributed by atoms with Crippen molar-refractivity contribution in [2.24, 2.45) is 4.99 Å². The number of halogens is 1. The van der Waals surface area contributed by atoms with Gasteiger partial charge < -0.3 is 25.2 Å². The average Bonchev–Trinajstić information content (AvgIpc) is 3.06. The molecule has 0 bridgehead atoms. The molecule has 2 unspecified atom stereocenters. The molecule has 1 aromatic carbocycles. The van der Waals surface area contributed by atoms with Crippen molar-refractivity contribution < 1.29 is 14.6 Å². The number of nitrogens with zero attached hydrogens (tertiary/aromatic N) is 1. The van der Waals surface area contributed by atoms with Crippen LogP contribution in [0.15, 0.2) is 29.3 Å². The van der Waals surface area contributed by atoms with Crippen LogP contribution in [0.25, 0.3) is 0 Å². The molecule has 136 valence electrons. The molecular weight excluding hydrogens is 421 g/mol. The van der Waals surface area contributed by atoms with Gasteiger partial charge >= 0.3 is 0 Å². The van der Waals surface area contributed by atoms with Gasteiger partial charge in [-0.1, -0.05) is 12.1 Å². The first-order valence-electron chi connectivity index (χ1n) is 8.19. The van der Waals surface area contributed by atoms with Crippen LogP contribution in [0.4, 0.5) is 0 Å². The van der Waals surface area contributed by atoms with Crippen molar-refractivity contribution >= 4 is 29.9 Å². The number of aromatic hydroxyl groups is 1. The number of ether oxygens (including phenoxy) is 2. The number of rotatable bonds is 7. The summed E-state index contributed by atoms with van der Waals surface area (Å²) in [5, 5.41) is 15.9. The molecule has 1 saturated heterocycles. The lowest BCUT2D eigenvalue weighted by molar-refractivity contribution is 0.0347. The van der Waals surface area contributed by atoms with E-state index < -0.39 is 0 Å². The predicted octanol–water partition coefficient (Wildman–Crippen LogP) is 2.26. The SMILES string of the molecule is CCNC(=NCc1ccc(O)cc1)NC(C)COC1CCOC1.I. The van der Waals surface area contributed by atoms with Crippen LogP contribution < -0.4 is 10.6 Å². The van der Waals surface area contributed by atoms with Gasteiger partial charge in [0.1, 0.15) is 5.75 Å². The van der Waals surface area contributed by atoms with Gasteiger partial charge in [-0.3, -0.25) is 0 Å². The number of nitrogens with one attached hydrogen (secondary N) is 2. The molecule has 0 radical (unpaired) electrons. The lowest BCUT2D eigenvalue weighted by atomic mass is 10.2. The number of hydrogen-bond donors (Lipinski definition) is 3. The van der Waals surface area contributed by atoms with Crippen LogP contribution in [-0.4, -0.2) is 49.6 Å². The number of benzene rings is 1. The second-order valence-corrected chi connectivity index (χ2v) is 5.73. The molecule has 1 aliphatic heterocycles. The van der Waals surface area contributed by atoms with Crippen molar-refractivity contribution in [3.63, 3.8) is 0 Å². The van der Waals surface area contributed by atoms with E-state index in [1.54, 1.807) is 12.1 Å². The molecule has 24 heavy (non-hydrogen) atoms. The Morgan fingerprint density at radius 2 is 2.17 bits per heavy atom. The van der Waals surface area contributed by atoms with Gasteiger partial charge in [0.2, 0.25) is 0 Å². The van der Waals surface area contributed by atoms with Crippen LogP contribution in [-0.2, 0) is 16.0 Å². The van der Waals surface area contributed by atoms with Crippen molar-refractivity contribution in [3.05, 3.63) is 29.8 Å². The second-order valence-electron chi connectivity index (χ2n) is 5.73. The zero-order valence-electron chi connectivity index (χ0n) is 14.3. The van der Waals surface area contributed by atoms with Crippen LogP contribution >= 0.6 is 24.0 Å². The van der Waals surface area contributed by atoms with E-state index in [1.807, 2.05) is 19.1 Å². The van der Waals surface area contributed by atoms with Gasteiger partial charge in [0.15, 0.2) is 5.96 Å². The van der Waals surface area contributed by atoms with Gasteiger partial charge in [-0.2, -0.15) is 0 Å². The minimum atomic E-state index is 0. The summed E-state index contributed by atoms with van der Waals surface area (Å²) in [6.07, 6.45) is 1.19. The minimum Gasteiger partial charge on any atom is -0.508 e. The molecule has 6 nitrogen and oxygen atoms in total. The van der Waals surface area contributed by atoms with Crippen molar-refractivity contribution in [1.29, 1.82) is 0 Å². The van der Waals surface area contributed by atoms with Crippen LogP contribution in [0.1, 0.15) is 25.8 Å². The highest BCUT2D eigenvalue weighted by atomic mass is 127. The Hall–Kier alpha value is -1.06. The quantitative estimate of drug-likeness (QED) is 0.338. The lowest BCUT2D eigenvalue weighted by Gasteiger charge is -2.19. The molecule has 0 spiro atoms. The fourth-order valence-electron chi connectivity index (χ4n) is 2.29. The number of phenols is 1. The third-order valence-corrected chi connectivity index (χ3v) is 3.55. The summed E-state index contributed by atoms with van der Waals surface area (Å²) in [5.41, 5.74) is 1.05. The molecule has 1 heterocycles. The highest BCUT2D eigenvalue weighted by Crippen LogP contribution is 2.10. The number of phenolic OH excluding ortho intramolecular Hbond substituents is 1. The zero-order valence-corrected chi connectivity index (χ0v) is 16.7. The molecule has 0 amide bonds. The van der Waals surface area contributed by atoms with Crippen LogP contribution in [0.5, 0.6) is 5.75 Å². The standard InChI is InChI=1S/C17H27N3O3.HI/c1-3-18-17(19-10-14-4-6-15(21)7-5-14)20-13(2)11-23-16-8-9-22-12-16;/h4-7,13,16,21H,3,8-12H2,1-2H3,(H2,18,19,20);1H. The first kappa shape index (κ1) is 21.0. The fraction of sp³-hybridized carbons (Fsp3) is 0.588. The highest BCUT2D eigenvalue weighted by Gasteiger charge is 2.17. The Morgan fingerprint density at radius 3 is 2.79 bits per heavy atom. The normalized spacial score (nSPS) is 18.8. The molecule has 2 rings (SSSR count). The molecule has 3 N–H and O–H groups in total. The van der Waals surface area contributed by atoms with Gasteiger partial charge in [0, 0.05) is 19.2 Å². The Balaban J connectivity index is 0.00000288. The monoisotopic (exact) mass is 449 g/mol. The Morgan fingerprint density at radius 1 is 1.42 bits per heavy atom. The fourth-order valence-corrected chi connectivity index (χ4v) is 2.29. The maximum Gasteiger partial charge on any atom is 0.191 e. The summed E-state index contributed by atoms with van der Waals surface area (Å²) in [5.74, 6) is 1.03. The van der Waals surface area contributed by atoms with Gasteiger partial charge in [-0.15, -0.1) is 24.0 Å². The Kier molecular flexibility index (Phi) is 10.0. The largest absolute Gasteiger partial charge is 0.508 e. The van der Waals surface area contributed by atoms with Crippen LogP contribution in [0.2, 0.25) is 0 Å². The van der Waals surface area contributed by atoms with Gasteiger partial charge in [0.05, 0.1) is 25.9 Å². The summed E-state index contributed by atoms with van der Waals surface area (Å²) >= 11 is 0. The molecule has 1 aliphatic rings. The van der Waals surface area contributed by atoms with Gasteiger partial charge in [-0.05, 0) is 38.0 Å². The van der Waals surface area contributed by atoms with E-state index >= 15 is 0 Å². The highest BCUT2D eigenvalue weighted by molar-refractivity contribution is 14.0. The lowest BCUT2D eigenvalue weighted by Crippen LogP contribution is -2.44. The van der Waals surface area contributed by atoms with E-state index in [1.165, 1.54) is 0 Å². The number of guanidine groups is 1.